The second kappa shape index (κ2) is 9.05. The van der Waals surface area contributed by atoms with Crippen LogP contribution in [-0.2, 0) is 9.59 Å². The molecule has 31 heavy (non-hydrogen) atoms. The zero-order chi connectivity index (χ0) is 22.7. The number of hydrogen-bond acceptors (Lipinski definition) is 7. The lowest BCUT2D eigenvalue weighted by Crippen LogP contribution is -2.36. The minimum atomic E-state index is -0.796. The van der Waals surface area contributed by atoms with Crippen LogP contribution in [0.4, 0.5) is 0 Å². The molecular formula is C22H25N3O6. The third-order valence-electron chi connectivity index (χ3n) is 4.88. The van der Waals surface area contributed by atoms with Gasteiger partial charge >= 0.3 is 0 Å². The van der Waals surface area contributed by atoms with Gasteiger partial charge in [0.2, 0.25) is 5.78 Å². The van der Waals surface area contributed by atoms with Gasteiger partial charge < -0.3 is 29.8 Å². The quantitative estimate of drug-likeness (QED) is 0.582. The highest BCUT2D eigenvalue weighted by molar-refractivity contribution is 6.15. The normalized spacial score (nSPS) is 16.3. The molecule has 0 radical (unpaired) electrons. The molecule has 9 heteroatoms. The van der Waals surface area contributed by atoms with Crippen molar-refractivity contribution in [1.29, 1.82) is 0 Å². The van der Waals surface area contributed by atoms with E-state index in [-0.39, 0.29) is 17.9 Å². The van der Waals surface area contributed by atoms with Crippen LogP contribution in [0.25, 0.3) is 0 Å². The summed E-state index contributed by atoms with van der Waals surface area (Å²) in [4.78, 5) is 40.3. The molecule has 9 nitrogen and oxygen atoms in total. The van der Waals surface area contributed by atoms with E-state index in [1.165, 1.54) is 11.0 Å². The molecule has 164 valence electrons. The molecule has 1 aromatic carbocycles. The number of aliphatic hydroxyl groups is 1. The second-order valence-corrected chi connectivity index (χ2v) is 7.53. The van der Waals surface area contributed by atoms with Crippen molar-refractivity contribution in [1.82, 2.24) is 9.80 Å². The Morgan fingerprint density at radius 2 is 1.87 bits per heavy atom. The first-order valence-corrected chi connectivity index (χ1v) is 9.70. The van der Waals surface area contributed by atoms with E-state index in [4.69, 9.17) is 14.9 Å². The summed E-state index contributed by atoms with van der Waals surface area (Å²) in [6.45, 7) is 2.28. The van der Waals surface area contributed by atoms with Gasteiger partial charge in [-0.2, -0.15) is 0 Å². The molecule has 2 heterocycles. The fourth-order valence-electron chi connectivity index (χ4n) is 3.36. The summed E-state index contributed by atoms with van der Waals surface area (Å²) in [5.41, 5.74) is 5.66. The second-order valence-electron chi connectivity index (χ2n) is 7.53. The smallest absolute Gasteiger partial charge is 0.290 e. The Labute approximate surface area is 179 Å². The van der Waals surface area contributed by atoms with Crippen molar-refractivity contribution in [2.24, 2.45) is 5.73 Å². The van der Waals surface area contributed by atoms with E-state index < -0.39 is 29.4 Å². The van der Waals surface area contributed by atoms with Gasteiger partial charge in [0.25, 0.3) is 11.8 Å². The van der Waals surface area contributed by atoms with E-state index >= 15 is 0 Å². The summed E-state index contributed by atoms with van der Waals surface area (Å²) in [6.07, 6.45) is 0. The van der Waals surface area contributed by atoms with Crippen LogP contribution in [0.2, 0.25) is 0 Å². The lowest BCUT2D eigenvalue weighted by molar-refractivity contribution is -0.129. The molecule has 0 aliphatic carbocycles. The number of Topliss-reactive ketones (excluding diaryl/α,β-unsaturated/α-hetero) is 1. The van der Waals surface area contributed by atoms with E-state index in [1.54, 1.807) is 37.3 Å². The monoisotopic (exact) mass is 427 g/mol. The Morgan fingerprint density at radius 3 is 2.42 bits per heavy atom. The highest BCUT2D eigenvalue weighted by Gasteiger charge is 2.44. The maximum atomic E-state index is 13.2. The number of nitrogens with zero attached hydrogens (tertiary/aromatic N) is 2. The number of benzene rings is 1. The Kier molecular flexibility index (Phi) is 6.45. The average Bonchev–Trinajstić information content (AvgIpc) is 3.26. The molecule has 1 aromatic heterocycles. The predicted molar refractivity (Wildman–Crippen MR) is 112 cm³/mol. The number of likely N-dealkylation sites (N-methyl/N-ethyl adjacent to an activating group) is 1. The van der Waals surface area contributed by atoms with Crippen LogP contribution >= 0.6 is 0 Å². The zero-order valence-corrected chi connectivity index (χ0v) is 17.6. The van der Waals surface area contributed by atoms with Crippen molar-refractivity contribution in [3.8, 4) is 5.75 Å². The number of ether oxygens (including phenoxy) is 1. The molecule has 1 atom stereocenters. The fourth-order valence-corrected chi connectivity index (χ4v) is 3.36. The maximum Gasteiger partial charge on any atom is 0.290 e. The molecule has 2 aromatic rings. The summed E-state index contributed by atoms with van der Waals surface area (Å²) >= 11 is 0. The van der Waals surface area contributed by atoms with Crippen LogP contribution in [0.5, 0.6) is 5.75 Å². The number of aryl methyl sites for hydroxylation is 1. The zero-order valence-electron chi connectivity index (χ0n) is 17.6. The summed E-state index contributed by atoms with van der Waals surface area (Å²) in [5.74, 6) is -1.35. The number of rotatable bonds is 9. The van der Waals surface area contributed by atoms with Crippen LogP contribution < -0.4 is 10.5 Å². The largest absolute Gasteiger partial charge is 0.503 e. The number of aliphatic hydroxyl groups excluding tert-OH is 1. The van der Waals surface area contributed by atoms with Gasteiger partial charge in [0, 0.05) is 13.1 Å². The molecule has 0 saturated heterocycles. The molecule has 2 amide bonds. The van der Waals surface area contributed by atoms with Crippen molar-refractivity contribution in [3.63, 3.8) is 0 Å². The van der Waals surface area contributed by atoms with Gasteiger partial charge in [0.05, 0.1) is 11.6 Å². The molecule has 3 rings (SSSR count). The fraction of sp³-hybridized carbons (Fsp3) is 0.318. The molecule has 1 aliphatic rings. The summed E-state index contributed by atoms with van der Waals surface area (Å²) in [7, 11) is 3.73. The first-order chi connectivity index (χ1) is 14.7. The number of carbonyl (C=O) groups is 3. The van der Waals surface area contributed by atoms with Crippen molar-refractivity contribution >= 4 is 17.6 Å². The predicted octanol–water partition coefficient (Wildman–Crippen LogP) is 1.59. The van der Waals surface area contributed by atoms with Crippen LogP contribution in [0.3, 0.4) is 0 Å². The van der Waals surface area contributed by atoms with Crippen LogP contribution in [0.15, 0.2) is 52.1 Å². The highest BCUT2D eigenvalue weighted by atomic mass is 16.5. The molecule has 0 unspecified atom stereocenters. The van der Waals surface area contributed by atoms with Gasteiger partial charge in [-0.05, 0) is 50.8 Å². The molecule has 0 fully saturated rings. The number of nitrogens with two attached hydrogens (primary N) is 1. The lowest BCUT2D eigenvalue weighted by atomic mass is 9.95. The number of hydrogen-bond donors (Lipinski definition) is 2. The van der Waals surface area contributed by atoms with E-state index in [0.29, 0.717) is 30.2 Å². The minimum absolute atomic E-state index is 0.0380. The van der Waals surface area contributed by atoms with Gasteiger partial charge in [-0.25, -0.2) is 0 Å². The number of primary amides is 1. The van der Waals surface area contributed by atoms with Crippen LogP contribution in [0, 0.1) is 6.92 Å². The van der Waals surface area contributed by atoms with Crippen molar-refractivity contribution < 1.29 is 28.6 Å². The van der Waals surface area contributed by atoms with Crippen molar-refractivity contribution in [2.75, 3.05) is 33.8 Å². The number of ketones is 1. The van der Waals surface area contributed by atoms with Gasteiger partial charge in [-0.15, -0.1) is 0 Å². The Hall–Kier alpha value is -3.59. The lowest BCUT2D eigenvalue weighted by Gasteiger charge is -2.28. The summed E-state index contributed by atoms with van der Waals surface area (Å²) in [6, 6.07) is 8.94. The molecule has 1 aliphatic heterocycles. The molecule has 0 spiro atoms. The first-order valence-electron chi connectivity index (χ1n) is 9.70. The maximum absolute atomic E-state index is 13.2. The molecule has 0 saturated carbocycles. The Bertz CT molecular complexity index is 1020. The van der Waals surface area contributed by atoms with Crippen molar-refractivity contribution in [3.05, 3.63) is 64.8 Å². The number of furan rings is 1. The highest BCUT2D eigenvalue weighted by Crippen LogP contribution is 2.39. The van der Waals surface area contributed by atoms with Gasteiger partial charge in [0.15, 0.2) is 18.1 Å². The molecule has 0 bridgehead atoms. The third kappa shape index (κ3) is 4.77. The first kappa shape index (κ1) is 22.1. The minimum Gasteiger partial charge on any atom is -0.503 e. The number of carbonyl (C=O) groups excluding carboxylic acids is 3. The van der Waals surface area contributed by atoms with E-state index in [1.807, 2.05) is 19.0 Å². The molecular weight excluding hydrogens is 402 g/mol. The SMILES string of the molecule is Cc1ccc(C(=O)C2=C(O)C(=O)N(CCN(C)C)[C@@H]2c2ccc(OCC(N)=O)cc2)o1. The third-order valence-corrected chi connectivity index (χ3v) is 4.88. The topological polar surface area (TPSA) is 126 Å². The van der Waals surface area contributed by atoms with Gasteiger partial charge in [-0.3, -0.25) is 14.4 Å². The van der Waals surface area contributed by atoms with E-state index in [2.05, 4.69) is 0 Å². The van der Waals surface area contributed by atoms with Crippen molar-refractivity contribution in [2.45, 2.75) is 13.0 Å². The standard InChI is InChI=1S/C22H25N3O6/c1-13-4-9-16(31-13)20(27)18-19(25(11-10-24(2)3)22(29)21(18)28)14-5-7-15(8-6-14)30-12-17(23)26/h4-9,19,28H,10-12H2,1-3H3,(H2,23,26)/t19-/m1/s1. The van der Waals surface area contributed by atoms with E-state index in [0.717, 1.165) is 0 Å². The van der Waals surface area contributed by atoms with Gasteiger partial charge in [0.1, 0.15) is 11.5 Å². The number of amides is 2. The average molecular weight is 427 g/mol. The van der Waals surface area contributed by atoms with E-state index in [9.17, 15) is 19.5 Å². The van der Waals surface area contributed by atoms with Crippen LogP contribution in [-0.4, -0.2) is 66.3 Å². The Morgan fingerprint density at radius 1 is 1.19 bits per heavy atom. The van der Waals surface area contributed by atoms with Crippen LogP contribution in [0.1, 0.15) is 27.9 Å². The Balaban J connectivity index is 1.98. The molecule has 3 N–H and O–H groups in total. The summed E-state index contributed by atoms with van der Waals surface area (Å²) in [5, 5.41) is 10.6. The van der Waals surface area contributed by atoms with Gasteiger partial charge in [-0.1, -0.05) is 12.1 Å². The summed E-state index contributed by atoms with van der Waals surface area (Å²) < 4.78 is 10.7.